The van der Waals surface area contributed by atoms with Gasteiger partial charge in [-0.2, -0.15) is 0 Å². The summed E-state index contributed by atoms with van der Waals surface area (Å²) in [6.07, 6.45) is 13.6. The summed E-state index contributed by atoms with van der Waals surface area (Å²) in [7, 11) is -0.939. The average molecular weight is 624 g/mol. The van der Waals surface area contributed by atoms with E-state index in [-0.39, 0.29) is 16.8 Å². The van der Waals surface area contributed by atoms with Gasteiger partial charge in [-0.3, -0.25) is 4.98 Å². The Morgan fingerprint density at radius 1 is 0.800 bits per heavy atom. The molecule has 1 radical (unpaired) electrons. The van der Waals surface area contributed by atoms with Crippen LogP contribution in [0.1, 0.15) is 53.4 Å². The summed E-state index contributed by atoms with van der Waals surface area (Å²) in [6, 6.07) is 6.96. The van der Waals surface area contributed by atoms with Crippen molar-refractivity contribution in [1.82, 2.24) is 4.98 Å². The third-order valence-corrected chi connectivity index (χ3v) is 6.56. The Balaban J connectivity index is -0.000000236. The van der Waals surface area contributed by atoms with Crippen LogP contribution < -0.4 is 0 Å². The quantitative estimate of drug-likeness (QED) is 0.0450. The van der Waals surface area contributed by atoms with E-state index in [1.54, 1.807) is 12.4 Å². The van der Waals surface area contributed by atoms with Crippen LogP contribution in [0.3, 0.4) is 0 Å². The molecule has 12 heteroatoms. The summed E-state index contributed by atoms with van der Waals surface area (Å²) >= 11 is 0. The Bertz CT molecular complexity index is 796. The molecule has 0 fully saturated rings. The normalized spacial score (nSPS) is 13.7. The molecule has 2 atom stereocenters. The SMILES string of the molecule is C=CCCC(CC/C=C\C[Si](C)(C)C)C([CH2-])O.CC(=N\O)/C(C)=N/O.CC(=N\O)/C(C)=N/O.[Co].c1ccncc1. The van der Waals surface area contributed by atoms with Crippen LogP contribution >= 0.6 is 0 Å². The van der Waals surface area contributed by atoms with Gasteiger partial charge < -0.3 is 32.9 Å². The summed E-state index contributed by atoms with van der Waals surface area (Å²) in [5, 5.41) is 52.8. The summed E-state index contributed by atoms with van der Waals surface area (Å²) in [4.78, 5) is 3.78. The molecule has 5 N–H and O–H groups in total. The Morgan fingerprint density at radius 3 is 1.45 bits per heavy atom. The Hall–Kier alpha value is -2.81. The number of rotatable bonds is 11. The number of nitrogens with zero attached hydrogens (tertiary/aromatic N) is 5. The average Bonchev–Trinajstić information content (AvgIpc) is 2.93. The molecule has 0 saturated heterocycles. The molecule has 0 bridgehead atoms. The minimum Gasteiger partial charge on any atom is -0.425 e. The van der Waals surface area contributed by atoms with Crippen LogP contribution in [-0.2, 0) is 16.8 Å². The van der Waals surface area contributed by atoms with Crippen molar-refractivity contribution in [3.8, 4) is 0 Å². The maximum Gasteiger partial charge on any atom is 0.101 e. The predicted molar refractivity (Wildman–Crippen MR) is 165 cm³/mol. The van der Waals surface area contributed by atoms with Crippen molar-refractivity contribution in [3.63, 3.8) is 0 Å². The molecule has 1 aromatic heterocycles. The molecule has 1 heterocycles. The smallest absolute Gasteiger partial charge is 0.101 e. The maximum atomic E-state index is 9.56. The third-order valence-electron chi connectivity index (χ3n) is 5.10. The first-order chi connectivity index (χ1) is 18.3. The van der Waals surface area contributed by atoms with Gasteiger partial charge in [-0.05, 0) is 77.5 Å². The number of hydrogen-bond donors (Lipinski definition) is 5. The maximum absolute atomic E-state index is 9.56. The summed E-state index contributed by atoms with van der Waals surface area (Å²) in [5.41, 5.74) is 1.25. The van der Waals surface area contributed by atoms with Crippen molar-refractivity contribution in [2.24, 2.45) is 26.5 Å². The molecule has 2 unspecified atom stereocenters. The molecular weight excluding hydrogens is 573 g/mol. The van der Waals surface area contributed by atoms with Gasteiger partial charge in [-0.15, -0.1) is 6.58 Å². The predicted octanol–water partition coefficient (Wildman–Crippen LogP) is 6.89. The Labute approximate surface area is 252 Å². The first-order valence-electron chi connectivity index (χ1n) is 12.7. The molecule has 1 rings (SSSR count). The molecule has 0 aromatic carbocycles. The molecular formula is C28H50CoN5O5Si-. The van der Waals surface area contributed by atoms with E-state index in [1.165, 1.54) is 33.7 Å². The van der Waals surface area contributed by atoms with Crippen LogP contribution in [0.15, 0.2) is 76.0 Å². The molecule has 0 amide bonds. The van der Waals surface area contributed by atoms with E-state index < -0.39 is 14.2 Å². The number of pyridine rings is 1. The third kappa shape index (κ3) is 31.4. The molecule has 0 aliphatic rings. The van der Waals surface area contributed by atoms with Gasteiger partial charge in [0.05, 0.1) is 0 Å². The van der Waals surface area contributed by atoms with E-state index in [4.69, 9.17) is 20.8 Å². The van der Waals surface area contributed by atoms with Crippen molar-refractivity contribution in [1.29, 1.82) is 0 Å². The number of aliphatic hydroxyl groups excluding tert-OH is 1. The molecule has 0 spiro atoms. The number of aliphatic hydroxyl groups is 1. The second-order valence-electron chi connectivity index (χ2n) is 9.77. The van der Waals surface area contributed by atoms with Crippen molar-refractivity contribution in [2.75, 3.05) is 0 Å². The Morgan fingerprint density at radius 2 is 1.20 bits per heavy atom. The van der Waals surface area contributed by atoms with Crippen molar-refractivity contribution < 1.29 is 42.7 Å². The minimum atomic E-state index is -0.939. The van der Waals surface area contributed by atoms with E-state index in [2.05, 4.69) is 70.9 Å². The second-order valence-corrected chi connectivity index (χ2v) is 15.3. The molecule has 40 heavy (non-hydrogen) atoms. The first-order valence-corrected chi connectivity index (χ1v) is 16.4. The summed E-state index contributed by atoms with van der Waals surface area (Å²) < 4.78 is 0. The van der Waals surface area contributed by atoms with Crippen LogP contribution in [-0.4, -0.2) is 67.9 Å². The van der Waals surface area contributed by atoms with Gasteiger partial charge >= 0.3 is 0 Å². The zero-order valence-electron chi connectivity index (χ0n) is 25.0. The first kappa shape index (κ1) is 44.2. The largest absolute Gasteiger partial charge is 0.425 e. The fraction of sp³-hybridized carbons (Fsp3) is 0.500. The van der Waals surface area contributed by atoms with Crippen LogP contribution in [0.2, 0.25) is 25.7 Å². The summed E-state index contributed by atoms with van der Waals surface area (Å²) in [5.74, 6) is 0.310. The number of allylic oxidation sites excluding steroid dienone is 3. The van der Waals surface area contributed by atoms with Gasteiger partial charge in [0, 0.05) is 37.2 Å². The molecule has 0 aliphatic carbocycles. The van der Waals surface area contributed by atoms with Gasteiger partial charge in [0.25, 0.3) is 0 Å². The fourth-order valence-electron chi connectivity index (χ4n) is 2.33. The summed E-state index contributed by atoms with van der Waals surface area (Å²) in [6.45, 7) is 20.7. The van der Waals surface area contributed by atoms with Gasteiger partial charge in [0.2, 0.25) is 0 Å². The molecule has 231 valence electrons. The zero-order chi connectivity index (χ0) is 30.7. The van der Waals surface area contributed by atoms with Crippen molar-refractivity contribution in [2.45, 2.75) is 85.2 Å². The minimum absolute atomic E-state index is 0. The number of oxime groups is 4. The van der Waals surface area contributed by atoms with Gasteiger partial charge in [-0.1, -0.05) is 70.7 Å². The van der Waals surface area contributed by atoms with E-state index in [0.29, 0.717) is 28.8 Å². The number of hydrogen-bond acceptors (Lipinski definition) is 10. The standard InChI is InChI=1S/C15H29OSi.C5H5N.2C4H8N2O2.Co/c1-6-7-11-15(14(2)16)12-9-8-10-13-17(3,4)5;1-2-4-6-5-3-1;2*1-3(5-7)4(2)6-8;/h6,8,10,14-16H,1-2,7,9,11-13H2,3-5H3;1-5H;2*7-8H,1-2H3;/q-1;;;;/b10-8-;;2*5-3+,6-4+;. The molecule has 0 saturated carbocycles. The Kier molecular flexibility index (Phi) is 32.3. The van der Waals surface area contributed by atoms with E-state index in [9.17, 15) is 5.11 Å². The van der Waals surface area contributed by atoms with Gasteiger partial charge in [0.15, 0.2) is 0 Å². The van der Waals surface area contributed by atoms with Gasteiger partial charge in [0.1, 0.15) is 22.8 Å². The van der Waals surface area contributed by atoms with Crippen LogP contribution in [0.25, 0.3) is 0 Å². The molecule has 1 aromatic rings. The van der Waals surface area contributed by atoms with Crippen molar-refractivity contribution in [3.05, 3.63) is 62.3 Å². The fourth-order valence-corrected chi connectivity index (χ4v) is 3.20. The second kappa shape index (κ2) is 29.2. The van der Waals surface area contributed by atoms with E-state index in [1.807, 2.05) is 24.3 Å². The topological polar surface area (TPSA) is 163 Å². The molecule has 10 nitrogen and oxygen atoms in total. The van der Waals surface area contributed by atoms with Crippen LogP contribution in [0.4, 0.5) is 0 Å². The van der Waals surface area contributed by atoms with Gasteiger partial charge in [-0.25, -0.2) is 0 Å². The monoisotopic (exact) mass is 623 g/mol. The van der Waals surface area contributed by atoms with E-state index >= 15 is 0 Å². The van der Waals surface area contributed by atoms with Crippen LogP contribution in [0.5, 0.6) is 0 Å². The molecule has 0 aliphatic heterocycles. The van der Waals surface area contributed by atoms with Crippen LogP contribution in [0, 0.1) is 12.8 Å². The zero-order valence-corrected chi connectivity index (χ0v) is 27.1. The van der Waals surface area contributed by atoms with Crippen molar-refractivity contribution >= 4 is 30.9 Å². The van der Waals surface area contributed by atoms with E-state index in [0.717, 1.165) is 25.7 Å². The number of aromatic nitrogens is 1.